The lowest BCUT2D eigenvalue weighted by Gasteiger charge is -2.31. The van der Waals surface area contributed by atoms with Crippen LogP contribution in [0.5, 0.6) is 5.75 Å². The Labute approximate surface area is 228 Å². The van der Waals surface area contributed by atoms with E-state index >= 15 is 0 Å². The van der Waals surface area contributed by atoms with Gasteiger partial charge in [0, 0.05) is 39.1 Å². The highest BCUT2D eigenvalue weighted by Gasteiger charge is 2.40. The molecule has 11 nitrogen and oxygen atoms in total. The van der Waals surface area contributed by atoms with Crippen LogP contribution >= 0.6 is 0 Å². The molecule has 2 N–H and O–H groups in total. The molecule has 2 aromatic carbocycles. The van der Waals surface area contributed by atoms with E-state index in [0.717, 1.165) is 23.0 Å². The van der Waals surface area contributed by atoms with E-state index in [1.165, 1.54) is 12.1 Å². The Kier molecular flexibility index (Phi) is 8.88. The third-order valence-electron chi connectivity index (χ3n) is 7.08. The van der Waals surface area contributed by atoms with Gasteiger partial charge < -0.3 is 25.0 Å². The number of hydrogen-bond donors (Lipinski definition) is 2. The van der Waals surface area contributed by atoms with Crippen LogP contribution in [0.4, 0.5) is 4.79 Å². The van der Waals surface area contributed by atoms with Crippen molar-refractivity contribution >= 4 is 28.0 Å². The normalized spacial score (nSPS) is 19.4. The number of benzene rings is 2. The van der Waals surface area contributed by atoms with Gasteiger partial charge in [-0.05, 0) is 56.6 Å². The molecule has 2 fully saturated rings. The zero-order valence-electron chi connectivity index (χ0n) is 22.1. The Morgan fingerprint density at radius 2 is 1.64 bits per heavy atom. The molecule has 39 heavy (non-hydrogen) atoms. The molecule has 2 saturated heterocycles. The summed E-state index contributed by atoms with van der Waals surface area (Å²) in [7, 11) is -1.92. The van der Waals surface area contributed by atoms with Crippen molar-refractivity contribution in [3.8, 4) is 5.75 Å². The first-order valence-corrected chi connectivity index (χ1v) is 14.3. The number of ether oxygens (including phenoxy) is 1. The second-order valence-electron chi connectivity index (χ2n) is 9.99. The quantitative estimate of drug-likeness (QED) is 0.500. The molecular weight excluding hydrogens is 524 g/mol. The molecule has 2 aliphatic heterocycles. The fraction of sp³-hybridized carbons (Fsp3) is 0.444. The predicted molar refractivity (Wildman–Crippen MR) is 143 cm³/mol. The lowest BCUT2D eigenvalue weighted by atomic mass is 10.1. The Hall–Kier alpha value is -3.48. The molecule has 2 amide bonds. The number of sulfonamides is 1. The highest BCUT2D eigenvalue weighted by molar-refractivity contribution is 7.89. The number of carbonyl (C=O) groups is 3. The minimum absolute atomic E-state index is 0.0226. The van der Waals surface area contributed by atoms with Gasteiger partial charge in [0.1, 0.15) is 17.8 Å². The summed E-state index contributed by atoms with van der Waals surface area (Å²) < 4.78 is 33.0. The molecule has 0 spiro atoms. The highest BCUT2D eigenvalue weighted by atomic mass is 32.2. The average molecular weight is 559 g/mol. The number of rotatable bonds is 8. The maximum Gasteiger partial charge on any atom is 0.415 e. The van der Waals surface area contributed by atoms with Gasteiger partial charge in [0.25, 0.3) is 0 Å². The van der Waals surface area contributed by atoms with Gasteiger partial charge in [-0.25, -0.2) is 18.0 Å². The molecule has 0 aliphatic carbocycles. The first kappa shape index (κ1) is 28.5. The third kappa shape index (κ3) is 6.94. The van der Waals surface area contributed by atoms with E-state index in [9.17, 15) is 27.9 Å². The number of nitrogens with one attached hydrogen (secondary N) is 1. The van der Waals surface area contributed by atoms with Gasteiger partial charge in [-0.1, -0.05) is 29.8 Å². The number of aryl methyl sites for hydroxylation is 1. The van der Waals surface area contributed by atoms with Gasteiger partial charge >= 0.3 is 12.1 Å². The summed E-state index contributed by atoms with van der Waals surface area (Å²) in [6, 6.07) is 10.6. The molecule has 0 saturated carbocycles. The first-order valence-electron chi connectivity index (χ1n) is 12.9. The van der Waals surface area contributed by atoms with Crippen molar-refractivity contribution in [1.82, 2.24) is 19.4 Å². The summed E-state index contributed by atoms with van der Waals surface area (Å²) in [6.45, 7) is 4.74. The number of piperazine rings is 1. The fourth-order valence-electron chi connectivity index (χ4n) is 4.69. The first-order chi connectivity index (χ1) is 18.5. The van der Waals surface area contributed by atoms with Gasteiger partial charge in [0.2, 0.25) is 15.9 Å². The van der Waals surface area contributed by atoms with E-state index in [1.54, 1.807) is 41.3 Å². The number of likely N-dealkylation sites (N-methyl/N-ethyl adjacent to an activating group) is 1. The van der Waals surface area contributed by atoms with Crippen LogP contribution in [0, 0.1) is 6.92 Å². The number of aliphatic carboxylic acids is 1. The molecule has 2 aromatic rings. The highest BCUT2D eigenvalue weighted by Crippen LogP contribution is 2.27. The summed E-state index contributed by atoms with van der Waals surface area (Å²) in [5, 5.41) is 12.3. The molecule has 2 aliphatic rings. The van der Waals surface area contributed by atoms with Crippen LogP contribution in [0.25, 0.3) is 0 Å². The van der Waals surface area contributed by atoms with Crippen LogP contribution < -0.4 is 10.1 Å². The molecule has 0 radical (unpaired) electrons. The number of amides is 2. The van der Waals surface area contributed by atoms with Gasteiger partial charge in [-0.2, -0.15) is 4.31 Å². The van der Waals surface area contributed by atoms with Crippen LogP contribution in [0.1, 0.15) is 24.0 Å². The molecule has 2 atom stereocenters. The summed E-state index contributed by atoms with van der Waals surface area (Å²) >= 11 is 0. The summed E-state index contributed by atoms with van der Waals surface area (Å²) in [5.41, 5.74) is 1.52. The molecule has 0 unspecified atom stereocenters. The topological polar surface area (TPSA) is 137 Å². The third-order valence-corrected chi connectivity index (χ3v) is 9.00. The number of nitrogens with zero attached hydrogens (tertiary/aromatic N) is 3. The number of hydrogen-bond acceptors (Lipinski definition) is 7. The lowest BCUT2D eigenvalue weighted by Crippen LogP contribution is -2.51. The second kappa shape index (κ2) is 12.1. The molecule has 0 bridgehead atoms. The summed E-state index contributed by atoms with van der Waals surface area (Å²) in [5.74, 6) is -1.55. The van der Waals surface area contributed by atoms with Gasteiger partial charge in [-0.15, -0.1) is 0 Å². The standard InChI is InChI=1S/C27H34N4O7S/c1-19-5-11-22(12-6-19)39(36,37)31-13-3-4-24(31)25(32)28-23(26(33)34)18-20-7-9-21(10-8-20)38-27(35)30-16-14-29(2)15-17-30/h5-12,23-24H,3-4,13-18H2,1-2H3,(H,28,32)(H,33,34)/t23-,24-/m0/s1. The molecule has 4 rings (SSSR count). The zero-order chi connectivity index (χ0) is 28.2. The average Bonchev–Trinajstić information content (AvgIpc) is 3.41. The smallest absolute Gasteiger partial charge is 0.415 e. The minimum Gasteiger partial charge on any atom is -0.480 e. The Bertz CT molecular complexity index is 1290. The van der Waals surface area contributed by atoms with Gasteiger partial charge in [-0.3, -0.25) is 4.79 Å². The number of carboxylic acids is 1. The van der Waals surface area contributed by atoms with Crippen LogP contribution in [0.3, 0.4) is 0 Å². The number of carbonyl (C=O) groups excluding carboxylic acids is 2. The van der Waals surface area contributed by atoms with Gasteiger partial charge in [0.15, 0.2) is 0 Å². The fourth-order valence-corrected chi connectivity index (χ4v) is 6.34. The SMILES string of the molecule is Cc1ccc(S(=O)(=O)N2CCC[C@H]2C(=O)N[C@@H](Cc2ccc(OC(=O)N3CCN(C)CC3)cc2)C(=O)O)cc1. The van der Waals surface area contributed by atoms with Crippen molar-refractivity contribution in [3.63, 3.8) is 0 Å². The van der Waals surface area contributed by atoms with E-state index in [4.69, 9.17) is 4.74 Å². The molecular formula is C27H34N4O7S. The van der Waals surface area contributed by atoms with Gasteiger partial charge in [0.05, 0.1) is 4.90 Å². The van der Waals surface area contributed by atoms with Crippen LogP contribution in [0.15, 0.2) is 53.4 Å². The van der Waals surface area contributed by atoms with Crippen LogP contribution in [-0.4, -0.2) is 97.5 Å². The summed E-state index contributed by atoms with van der Waals surface area (Å²) in [4.78, 5) is 41.3. The monoisotopic (exact) mass is 558 g/mol. The predicted octanol–water partition coefficient (Wildman–Crippen LogP) is 1.71. The van der Waals surface area contributed by atoms with Crippen molar-refractivity contribution in [1.29, 1.82) is 0 Å². The van der Waals surface area contributed by atoms with Crippen LogP contribution in [-0.2, 0) is 26.0 Å². The molecule has 0 aromatic heterocycles. The molecule has 2 heterocycles. The summed E-state index contributed by atoms with van der Waals surface area (Å²) in [6.07, 6.45) is 0.338. The van der Waals surface area contributed by atoms with Crippen molar-refractivity contribution in [2.24, 2.45) is 0 Å². The van der Waals surface area contributed by atoms with E-state index in [-0.39, 0.29) is 17.9 Å². The lowest BCUT2D eigenvalue weighted by molar-refractivity contribution is -0.142. The van der Waals surface area contributed by atoms with E-state index < -0.39 is 40.1 Å². The maximum atomic E-state index is 13.2. The van der Waals surface area contributed by atoms with Crippen molar-refractivity contribution in [2.45, 2.75) is 43.2 Å². The Morgan fingerprint density at radius 3 is 2.26 bits per heavy atom. The Morgan fingerprint density at radius 1 is 1.00 bits per heavy atom. The van der Waals surface area contributed by atoms with Crippen molar-refractivity contribution < 1.29 is 32.6 Å². The number of carboxylic acid groups (broad SMARTS) is 1. The minimum atomic E-state index is -3.91. The maximum absolute atomic E-state index is 13.2. The largest absolute Gasteiger partial charge is 0.480 e. The van der Waals surface area contributed by atoms with Crippen molar-refractivity contribution in [2.75, 3.05) is 39.8 Å². The zero-order valence-corrected chi connectivity index (χ0v) is 22.9. The van der Waals surface area contributed by atoms with E-state index in [0.29, 0.717) is 37.2 Å². The van der Waals surface area contributed by atoms with E-state index in [1.807, 2.05) is 14.0 Å². The van der Waals surface area contributed by atoms with Crippen LogP contribution in [0.2, 0.25) is 0 Å². The second-order valence-corrected chi connectivity index (χ2v) is 11.9. The van der Waals surface area contributed by atoms with E-state index in [2.05, 4.69) is 10.2 Å². The molecule has 12 heteroatoms. The Balaban J connectivity index is 1.37. The molecule has 210 valence electrons. The van der Waals surface area contributed by atoms with Crippen molar-refractivity contribution in [3.05, 3.63) is 59.7 Å².